The molecule has 0 N–H and O–H groups in total. The average molecular weight is 678 g/mol. The third-order valence-electron chi connectivity index (χ3n) is 9.99. The quantitative estimate of drug-likeness (QED) is 0.176. The Morgan fingerprint density at radius 1 is 0.264 bits per heavy atom. The predicted octanol–water partition coefficient (Wildman–Crippen LogP) is 12.9. The lowest BCUT2D eigenvalue weighted by Crippen LogP contribution is -2.01. The molecule has 8 aromatic carbocycles. The Bertz CT molecular complexity index is 2930. The van der Waals surface area contributed by atoms with Crippen molar-refractivity contribution in [3.63, 3.8) is 0 Å². The van der Waals surface area contributed by atoms with E-state index in [-0.39, 0.29) is 0 Å². The number of hydrogen-bond acceptors (Lipinski definition) is 4. The van der Waals surface area contributed by atoms with Crippen molar-refractivity contribution in [2.75, 3.05) is 0 Å². The van der Waals surface area contributed by atoms with Crippen LogP contribution in [0.5, 0.6) is 0 Å². The standard InChI is InChI=1S/C49H31N3O/c1-3-13-32(14-4-1)37-17-7-10-21-43(37)49-51-47(34-15-5-2-6-16-34)50-48(52-49)35-25-23-33(24-26-35)38-28-29-39(41-19-9-8-18-40(38)41)36-27-30-46-44(31-36)42-20-11-12-22-45(42)53-46/h1-31H. The number of rotatable bonds is 6. The molecule has 4 heteroatoms. The summed E-state index contributed by atoms with van der Waals surface area (Å²) in [5, 5.41) is 4.66. The van der Waals surface area contributed by atoms with Gasteiger partial charge in [0.1, 0.15) is 11.2 Å². The monoisotopic (exact) mass is 677 g/mol. The molecule has 0 aliphatic carbocycles. The van der Waals surface area contributed by atoms with Crippen molar-refractivity contribution < 1.29 is 4.42 Å². The van der Waals surface area contributed by atoms with Gasteiger partial charge in [0, 0.05) is 27.5 Å². The van der Waals surface area contributed by atoms with Gasteiger partial charge in [-0.15, -0.1) is 0 Å². The molecule has 0 unspecified atom stereocenters. The third-order valence-corrected chi connectivity index (χ3v) is 9.99. The molecule has 248 valence electrons. The summed E-state index contributed by atoms with van der Waals surface area (Å²) in [5.41, 5.74) is 11.5. The lowest BCUT2D eigenvalue weighted by molar-refractivity contribution is 0.669. The van der Waals surface area contributed by atoms with Gasteiger partial charge in [-0.3, -0.25) is 0 Å². The van der Waals surface area contributed by atoms with Crippen LogP contribution in [0.1, 0.15) is 0 Å². The zero-order valence-corrected chi connectivity index (χ0v) is 28.6. The van der Waals surface area contributed by atoms with Crippen molar-refractivity contribution >= 4 is 32.7 Å². The van der Waals surface area contributed by atoms with Gasteiger partial charge < -0.3 is 4.42 Å². The average Bonchev–Trinajstić information content (AvgIpc) is 3.62. The normalized spacial score (nSPS) is 11.4. The number of fused-ring (bicyclic) bond motifs is 4. The highest BCUT2D eigenvalue weighted by atomic mass is 16.3. The van der Waals surface area contributed by atoms with E-state index in [4.69, 9.17) is 19.4 Å². The molecule has 0 spiro atoms. The first kappa shape index (κ1) is 30.6. The minimum absolute atomic E-state index is 0.630. The Kier molecular flexibility index (Phi) is 7.43. The SMILES string of the molecule is c1ccc(-c2nc(-c3ccc(-c4ccc(-c5ccc6oc7ccccc7c6c5)c5ccccc45)cc3)nc(-c3ccccc3-c3ccccc3)n2)cc1. The molecule has 0 aliphatic heterocycles. The Morgan fingerprint density at radius 3 is 1.42 bits per heavy atom. The first-order chi connectivity index (χ1) is 26.3. The minimum Gasteiger partial charge on any atom is -0.456 e. The Balaban J connectivity index is 1.06. The largest absolute Gasteiger partial charge is 0.456 e. The van der Waals surface area contributed by atoms with Crippen LogP contribution in [0, 0.1) is 0 Å². The van der Waals surface area contributed by atoms with Crippen molar-refractivity contribution in [1.29, 1.82) is 0 Å². The number of hydrogen-bond donors (Lipinski definition) is 0. The van der Waals surface area contributed by atoms with Gasteiger partial charge in [0.15, 0.2) is 17.5 Å². The molecular weight excluding hydrogens is 647 g/mol. The van der Waals surface area contributed by atoms with Gasteiger partial charge in [-0.1, -0.05) is 170 Å². The molecular formula is C49H31N3O. The van der Waals surface area contributed by atoms with Crippen LogP contribution >= 0.6 is 0 Å². The first-order valence-electron chi connectivity index (χ1n) is 17.8. The summed E-state index contributed by atoms with van der Waals surface area (Å²) < 4.78 is 6.12. The summed E-state index contributed by atoms with van der Waals surface area (Å²) >= 11 is 0. The molecule has 0 amide bonds. The van der Waals surface area contributed by atoms with E-state index in [1.807, 2.05) is 54.6 Å². The highest BCUT2D eigenvalue weighted by molar-refractivity contribution is 6.09. The molecule has 2 aromatic heterocycles. The smallest absolute Gasteiger partial charge is 0.164 e. The molecule has 0 saturated carbocycles. The topological polar surface area (TPSA) is 51.8 Å². The summed E-state index contributed by atoms with van der Waals surface area (Å²) in [6, 6.07) is 65.2. The molecule has 0 saturated heterocycles. The van der Waals surface area contributed by atoms with Gasteiger partial charge in [-0.2, -0.15) is 0 Å². The van der Waals surface area contributed by atoms with E-state index in [1.54, 1.807) is 0 Å². The molecule has 53 heavy (non-hydrogen) atoms. The lowest BCUT2D eigenvalue weighted by atomic mass is 9.91. The highest BCUT2D eigenvalue weighted by Crippen LogP contribution is 2.39. The molecule has 10 rings (SSSR count). The van der Waals surface area contributed by atoms with Gasteiger partial charge in [-0.05, 0) is 62.4 Å². The van der Waals surface area contributed by atoms with E-state index in [9.17, 15) is 0 Å². The molecule has 10 aromatic rings. The summed E-state index contributed by atoms with van der Waals surface area (Å²) in [5.74, 6) is 1.91. The second kappa shape index (κ2) is 12.9. The molecule has 0 bridgehead atoms. The van der Waals surface area contributed by atoms with E-state index in [0.29, 0.717) is 17.5 Å². The maximum absolute atomic E-state index is 6.12. The molecule has 0 aliphatic rings. The van der Waals surface area contributed by atoms with Gasteiger partial charge >= 0.3 is 0 Å². The van der Waals surface area contributed by atoms with Crippen molar-refractivity contribution in [2.45, 2.75) is 0 Å². The summed E-state index contributed by atoms with van der Waals surface area (Å²) in [7, 11) is 0. The van der Waals surface area contributed by atoms with E-state index in [1.165, 1.54) is 21.9 Å². The molecule has 0 fully saturated rings. The van der Waals surface area contributed by atoms with Crippen molar-refractivity contribution in [1.82, 2.24) is 15.0 Å². The van der Waals surface area contributed by atoms with Crippen LogP contribution in [0.25, 0.3) is 100 Å². The zero-order chi connectivity index (χ0) is 35.1. The fourth-order valence-corrected chi connectivity index (χ4v) is 7.38. The number of benzene rings is 8. The third kappa shape index (κ3) is 5.54. The van der Waals surface area contributed by atoms with Crippen LogP contribution in [-0.4, -0.2) is 15.0 Å². The Labute approximate surface area is 306 Å². The van der Waals surface area contributed by atoms with Crippen LogP contribution in [0.2, 0.25) is 0 Å². The summed E-state index contributed by atoms with van der Waals surface area (Å²) in [6.45, 7) is 0. The second-order valence-electron chi connectivity index (χ2n) is 13.2. The number of aromatic nitrogens is 3. The van der Waals surface area contributed by atoms with E-state index < -0.39 is 0 Å². The van der Waals surface area contributed by atoms with Gasteiger partial charge in [-0.25, -0.2) is 15.0 Å². The zero-order valence-electron chi connectivity index (χ0n) is 28.6. The molecule has 2 heterocycles. The summed E-state index contributed by atoms with van der Waals surface area (Å²) in [6.07, 6.45) is 0. The van der Waals surface area contributed by atoms with Gasteiger partial charge in [0.05, 0.1) is 0 Å². The van der Waals surface area contributed by atoms with Crippen molar-refractivity contribution in [3.8, 4) is 67.5 Å². The van der Waals surface area contributed by atoms with Crippen molar-refractivity contribution in [3.05, 3.63) is 188 Å². The first-order valence-corrected chi connectivity index (χ1v) is 17.8. The Hall–Kier alpha value is -7.17. The van der Waals surface area contributed by atoms with Crippen molar-refractivity contribution in [2.24, 2.45) is 0 Å². The van der Waals surface area contributed by atoms with Gasteiger partial charge in [0.2, 0.25) is 0 Å². The molecule has 0 radical (unpaired) electrons. The number of nitrogens with zero attached hydrogens (tertiary/aromatic N) is 3. The predicted molar refractivity (Wildman–Crippen MR) is 217 cm³/mol. The lowest BCUT2D eigenvalue weighted by Gasteiger charge is -2.13. The number of para-hydroxylation sites is 1. The number of furan rings is 1. The maximum atomic E-state index is 6.12. The minimum atomic E-state index is 0.630. The van der Waals surface area contributed by atoms with Crippen LogP contribution in [0.4, 0.5) is 0 Å². The van der Waals surface area contributed by atoms with Crippen LogP contribution in [0.3, 0.4) is 0 Å². The summed E-state index contributed by atoms with van der Waals surface area (Å²) in [4.78, 5) is 15.1. The van der Waals surface area contributed by atoms with Crippen LogP contribution in [0.15, 0.2) is 192 Å². The van der Waals surface area contributed by atoms with Gasteiger partial charge in [0.25, 0.3) is 0 Å². The van der Waals surface area contributed by atoms with Crippen LogP contribution in [-0.2, 0) is 0 Å². The van der Waals surface area contributed by atoms with E-state index in [2.05, 4.69) is 133 Å². The maximum Gasteiger partial charge on any atom is 0.164 e. The van der Waals surface area contributed by atoms with Crippen LogP contribution < -0.4 is 0 Å². The highest BCUT2D eigenvalue weighted by Gasteiger charge is 2.17. The second-order valence-corrected chi connectivity index (χ2v) is 13.2. The van der Waals surface area contributed by atoms with E-state index in [0.717, 1.165) is 60.9 Å². The molecule has 4 nitrogen and oxygen atoms in total. The fourth-order valence-electron chi connectivity index (χ4n) is 7.38. The molecule has 0 atom stereocenters. The fraction of sp³-hybridized carbons (Fsp3) is 0. The Morgan fingerprint density at radius 2 is 0.717 bits per heavy atom. The van der Waals surface area contributed by atoms with E-state index >= 15 is 0 Å².